The number of hydrogen-bond donors (Lipinski definition) is 2. The zero-order valence-electron chi connectivity index (χ0n) is 25.2. The lowest BCUT2D eigenvalue weighted by Gasteiger charge is -2.32. The van der Waals surface area contributed by atoms with Crippen LogP contribution in [0.5, 0.6) is 5.88 Å². The van der Waals surface area contributed by atoms with Crippen LogP contribution in [0.2, 0.25) is 0 Å². The third-order valence-corrected chi connectivity index (χ3v) is 9.26. The number of fused-ring (bicyclic) bond motifs is 3. The number of aromatic nitrogens is 1. The maximum absolute atomic E-state index is 13.3. The fraction of sp³-hybridized carbons (Fsp3) is 0.343. The molecule has 7 rings (SSSR count). The zero-order chi connectivity index (χ0) is 30.4. The molecule has 9 heteroatoms. The van der Waals surface area contributed by atoms with Gasteiger partial charge in [-0.2, -0.15) is 0 Å². The first-order chi connectivity index (χ1) is 21.4. The number of amides is 1. The van der Waals surface area contributed by atoms with E-state index < -0.39 is 5.97 Å². The van der Waals surface area contributed by atoms with Crippen LogP contribution >= 0.6 is 0 Å². The molecule has 0 radical (unpaired) electrons. The Morgan fingerprint density at radius 3 is 2.50 bits per heavy atom. The van der Waals surface area contributed by atoms with Crippen LogP contribution in [0.25, 0.3) is 10.9 Å². The van der Waals surface area contributed by atoms with Gasteiger partial charge in [-0.05, 0) is 85.8 Å². The molecule has 3 aromatic carbocycles. The van der Waals surface area contributed by atoms with Crippen molar-refractivity contribution < 1.29 is 19.4 Å². The number of carbonyl (C=O) groups excluding carboxylic acids is 2. The SMILES string of the molecule is COC(=O)c1ccc2c(C(=Nc3ccc4c(c3)CCN4C(=O)CN3CCN(C)CC3)c3ccc4c(c3)CCC4)c(O)[nH]c2c1. The predicted molar refractivity (Wildman–Crippen MR) is 172 cm³/mol. The predicted octanol–water partition coefficient (Wildman–Crippen LogP) is 4.45. The molecule has 44 heavy (non-hydrogen) atoms. The maximum Gasteiger partial charge on any atom is 0.337 e. The first kappa shape index (κ1) is 28.3. The molecule has 3 heterocycles. The Balaban J connectivity index is 1.25. The second-order valence-electron chi connectivity index (χ2n) is 12.1. The van der Waals surface area contributed by atoms with Gasteiger partial charge in [-0.1, -0.05) is 18.2 Å². The highest BCUT2D eigenvalue weighted by Crippen LogP contribution is 2.36. The second-order valence-corrected chi connectivity index (χ2v) is 12.1. The van der Waals surface area contributed by atoms with E-state index in [1.807, 2.05) is 23.1 Å². The summed E-state index contributed by atoms with van der Waals surface area (Å²) in [6.07, 6.45) is 4.01. The molecule has 1 fully saturated rings. The molecule has 1 aliphatic carbocycles. The number of aromatic amines is 1. The molecule has 0 spiro atoms. The Labute approximate surface area is 256 Å². The van der Waals surface area contributed by atoms with Crippen molar-refractivity contribution in [3.05, 3.63) is 88.0 Å². The lowest BCUT2D eigenvalue weighted by atomic mass is 9.97. The van der Waals surface area contributed by atoms with Gasteiger partial charge in [0.25, 0.3) is 0 Å². The van der Waals surface area contributed by atoms with Crippen LogP contribution in [0.3, 0.4) is 0 Å². The van der Waals surface area contributed by atoms with Gasteiger partial charge in [0.2, 0.25) is 5.91 Å². The number of methoxy groups -OCH3 is 1. The van der Waals surface area contributed by atoms with Gasteiger partial charge >= 0.3 is 5.97 Å². The van der Waals surface area contributed by atoms with Gasteiger partial charge < -0.3 is 24.6 Å². The minimum absolute atomic E-state index is 0.0110. The molecule has 9 nitrogen and oxygen atoms in total. The number of nitrogens with one attached hydrogen (secondary N) is 1. The molecular formula is C35H37N5O4. The van der Waals surface area contributed by atoms with Crippen LogP contribution < -0.4 is 4.90 Å². The highest BCUT2D eigenvalue weighted by molar-refractivity contribution is 6.22. The number of aryl methyl sites for hydroxylation is 2. The normalized spacial score (nSPS) is 17.2. The van der Waals surface area contributed by atoms with Gasteiger partial charge in [0, 0.05) is 54.9 Å². The smallest absolute Gasteiger partial charge is 0.337 e. The van der Waals surface area contributed by atoms with Gasteiger partial charge in [-0.15, -0.1) is 0 Å². The van der Waals surface area contributed by atoms with Crippen molar-refractivity contribution in [3.63, 3.8) is 0 Å². The number of esters is 1. The van der Waals surface area contributed by atoms with Crippen molar-refractivity contribution in [2.45, 2.75) is 25.7 Å². The lowest BCUT2D eigenvalue weighted by molar-refractivity contribution is -0.120. The first-order valence-electron chi connectivity index (χ1n) is 15.4. The summed E-state index contributed by atoms with van der Waals surface area (Å²) in [5, 5.41) is 12.0. The second kappa shape index (κ2) is 11.6. The van der Waals surface area contributed by atoms with Crippen LogP contribution in [0.15, 0.2) is 59.6 Å². The molecule has 0 atom stereocenters. The van der Waals surface area contributed by atoms with E-state index in [2.05, 4.69) is 46.1 Å². The van der Waals surface area contributed by atoms with Crippen LogP contribution in [0, 0.1) is 0 Å². The van der Waals surface area contributed by atoms with E-state index in [9.17, 15) is 14.7 Å². The molecule has 1 aromatic heterocycles. The van der Waals surface area contributed by atoms with E-state index in [0.29, 0.717) is 35.4 Å². The quantitative estimate of drug-likeness (QED) is 0.254. The third kappa shape index (κ3) is 5.27. The number of rotatable bonds is 6. The monoisotopic (exact) mass is 591 g/mol. The highest BCUT2D eigenvalue weighted by Gasteiger charge is 2.28. The number of nitrogens with zero attached hydrogens (tertiary/aromatic N) is 4. The molecule has 0 bridgehead atoms. The number of aliphatic imine (C=N–C) groups is 1. The topological polar surface area (TPSA) is 101 Å². The number of aromatic hydroxyl groups is 1. The van der Waals surface area contributed by atoms with Gasteiger partial charge in [-0.25, -0.2) is 9.79 Å². The molecular weight excluding hydrogens is 554 g/mol. The first-order valence-corrected chi connectivity index (χ1v) is 15.4. The Bertz CT molecular complexity index is 1800. The summed E-state index contributed by atoms with van der Waals surface area (Å²) in [5.74, 6) is -0.314. The number of hydrogen-bond acceptors (Lipinski definition) is 7. The standard InChI is InChI=1S/C35H37N5O4/c1-38-14-16-39(17-15-38)21-31(41)40-13-12-24-19-27(9-11-30(24)40)36-33(25-7-6-22-4-3-5-23(22)18-25)32-28-10-8-26(35(43)44-2)20-29(28)37-34(32)42/h6-11,18-20,37,42H,3-5,12-17,21H2,1-2H3. The van der Waals surface area contributed by atoms with Crippen molar-refractivity contribution in [2.75, 3.05) is 58.3 Å². The maximum atomic E-state index is 13.3. The van der Waals surface area contributed by atoms with E-state index in [1.165, 1.54) is 18.2 Å². The van der Waals surface area contributed by atoms with Gasteiger partial charge in [0.05, 0.1) is 36.2 Å². The van der Waals surface area contributed by atoms with Crippen LogP contribution in [-0.2, 0) is 28.8 Å². The minimum atomic E-state index is -0.441. The number of ether oxygens (including phenoxy) is 1. The van der Waals surface area contributed by atoms with E-state index in [-0.39, 0.29) is 11.8 Å². The number of piperazine rings is 1. The number of anilines is 1. The van der Waals surface area contributed by atoms with E-state index >= 15 is 0 Å². The van der Waals surface area contributed by atoms with E-state index in [1.54, 1.807) is 12.1 Å². The molecule has 1 amide bonds. The third-order valence-electron chi connectivity index (χ3n) is 9.26. The Morgan fingerprint density at radius 1 is 0.886 bits per heavy atom. The van der Waals surface area contributed by atoms with E-state index in [4.69, 9.17) is 9.73 Å². The Morgan fingerprint density at radius 2 is 1.68 bits per heavy atom. The summed E-state index contributed by atoms with van der Waals surface area (Å²) in [7, 11) is 3.47. The molecule has 3 aliphatic rings. The van der Waals surface area contributed by atoms with Crippen LogP contribution in [0.1, 0.15) is 44.6 Å². The number of carbonyl (C=O) groups is 2. The van der Waals surface area contributed by atoms with Crippen molar-refractivity contribution >= 4 is 39.9 Å². The van der Waals surface area contributed by atoms with Crippen molar-refractivity contribution in [2.24, 2.45) is 4.99 Å². The van der Waals surface area contributed by atoms with Gasteiger partial charge in [0.15, 0.2) is 5.88 Å². The van der Waals surface area contributed by atoms with E-state index in [0.717, 1.165) is 79.8 Å². The van der Waals surface area contributed by atoms with Crippen LogP contribution in [-0.4, -0.2) is 90.9 Å². The zero-order valence-corrected chi connectivity index (χ0v) is 25.2. The average molecular weight is 592 g/mol. The molecule has 0 unspecified atom stereocenters. The molecule has 1 saturated heterocycles. The highest BCUT2D eigenvalue weighted by atomic mass is 16.5. The van der Waals surface area contributed by atoms with Crippen LogP contribution in [0.4, 0.5) is 11.4 Å². The number of H-pyrrole nitrogens is 1. The Hall–Kier alpha value is -4.47. The number of likely N-dealkylation sites (N-methyl/N-ethyl adjacent to an activating group) is 1. The fourth-order valence-electron chi connectivity index (χ4n) is 6.78. The number of benzene rings is 3. The van der Waals surface area contributed by atoms with Gasteiger partial charge in [-0.3, -0.25) is 9.69 Å². The summed E-state index contributed by atoms with van der Waals surface area (Å²) in [6, 6.07) is 17.7. The summed E-state index contributed by atoms with van der Waals surface area (Å²) in [4.78, 5) is 40.1. The molecule has 2 N–H and O–H groups in total. The molecule has 0 saturated carbocycles. The molecule has 226 valence electrons. The molecule has 2 aliphatic heterocycles. The van der Waals surface area contributed by atoms with Crippen molar-refractivity contribution in [1.82, 2.24) is 14.8 Å². The average Bonchev–Trinajstić information content (AvgIpc) is 3.76. The van der Waals surface area contributed by atoms with Crippen molar-refractivity contribution in [1.29, 1.82) is 0 Å². The largest absolute Gasteiger partial charge is 0.494 e. The fourth-order valence-corrected chi connectivity index (χ4v) is 6.78. The summed E-state index contributed by atoms with van der Waals surface area (Å²) >= 11 is 0. The Kier molecular flexibility index (Phi) is 7.43. The molecule has 4 aromatic rings. The summed E-state index contributed by atoms with van der Waals surface area (Å²) in [6.45, 7) is 4.89. The lowest BCUT2D eigenvalue weighted by Crippen LogP contribution is -2.48. The summed E-state index contributed by atoms with van der Waals surface area (Å²) in [5.41, 5.74) is 8.64. The van der Waals surface area contributed by atoms with Gasteiger partial charge in [0.1, 0.15) is 0 Å². The summed E-state index contributed by atoms with van der Waals surface area (Å²) < 4.78 is 4.89. The minimum Gasteiger partial charge on any atom is -0.494 e. The van der Waals surface area contributed by atoms with Crippen molar-refractivity contribution in [3.8, 4) is 5.88 Å².